The Morgan fingerprint density at radius 2 is 1.65 bits per heavy atom. The van der Waals surface area contributed by atoms with Crippen molar-refractivity contribution in [1.82, 2.24) is 0 Å². The lowest BCUT2D eigenvalue weighted by Crippen LogP contribution is -2.13. The Hall–Kier alpha value is -2.12. The first kappa shape index (κ1) is 14.3. The van der Waals surface area contributed by atoms with E-state index >= 15 is 0 Å². The number of nitrogens with one attached hydrogen (secondary N) is 2. The fourth-order valence-electron chi connectivity index (χ4n) is 1.65. The minimum Gasteiger partial charge on any atom is -0.324 e. The molecule has 2 rings (SSSR count). The van der Waals surface area contributed by atoms with E-state index in [9.17, 15) is 12.8 Å². The molecule has 0 aliphatic carbocycles. The number of aryl methyl sites for hydroxylation is 1. The van der Waals surface area contributed by atoms with Crippen LogP contribution in [0.3, 0.4) is 0 Å². The van der Waals surface area contributed by atoms with Gasteiger partial charge >= 0.3 is 0 Å². The highest BCUT2D eigenvalue weighted by molar-refractivity contribution is 7.92. The fourth-order valence-corrected chi connectivity index (χ4v) is 2.70. The standard InChI is InChI=1S/C13H14FN3O2S/c1-9-8-11(4-7-13(9)14)17-20(18,19)12-5-2-10(16-15)3-6-12/h2-8,16-17H,15H2,1H3. The summed E-state index contributed by atoms with van der Waals surface area (Å²) in [6.45, 7) is 1.56. The highest BCUT2D eigenvalue weighted by Crippen LogP contribution is 2.19. The van der Waals surface area contributed by atoms with Crippen molar-refractivity contribution in [2.45, 2.75) is 11.8 Å². The number of hydrazine groups is 1. The monoisotopic (exact) mass is 295 g/mol. The molecule has 0 saturated heterocycles. The molecule has 20 heavy (non-hydrogen) atoms. The summed E-state index contributed by atoms with van der Waals surface area (Å²) in [5.41, 5.74) is 3.69. The van der Waals surface area contributed by atoms with Gasteiger partial charge in [0.05, 0.1) is 4.90 Å². The number of hydrogen-bond donors (Lipinski definition) is 3. The summed E-state index contributed by atoms with van der Waals surface area (Å²) in [6.07, 6.45) is 0. The summed E-state index contributed by atoms with van der Waals surface area (Å²) < 4.78 is 39.8. The van der Waals surface area contributed by atoms with Crippen LogP contribution in [0, 0.1) is 12.7 Å². The highest BCUT2D eigenvalue weighted by Gasteiger charge is 2.14. The van der Waals surface area contributed by atoms with Gasteiger partial charge < -0.3 is 5.43 Å². The fraction of sp³-hybridized carbons (Fsp3) is 0.0769. The largest absolute Gasteiger partial charge is 0.324 e. The normalized spacial score (nSPS) is 11.2. The molecule has 0 aliphatic heterocycles. The summed E-state index contributed by atoms with van der Waals surface area (Å²) in [6, 6.07) is 9.96. The maximum absolute atomic E-state index is 13.1. The third-order valence-electron chi connectivity index (χ3n) is 2.74. The van der Waals surface area contributed by atoms with Crippen LogP contribution in [-0.2, 0) is 10.0 Å². The molecule has 5 nitrogen and oxygen atoms in total. The van der Waals surface area contributed by atoms with E-state index in [2.05, 4.69) is 10.1 Å². The van der Waals surface area contributed by atoms with Crippen molar-refractivity contribution in [3.63, 3.8) is 0 Å². The summed E-state index contributed by atoms with van der Waals surface area (Å²) in [4.78, 5) is 0.0958. The molecule has 0 amide bonds. The number of anilines is 2. The van der Waals surface area contributed by atoms with Gasteiger partial charge in [-0.3, -0.25) is 10.6 Å². The van der Waals surface area contributed by atoms with Crippen molar-refractivity contribution < 1.29 is 12.8 Å². The average Bonchev–Trinajstić information content (AvgIpc) is 2.43. The Kier molecular flexibility index (Phi) is 3.91. The van der Waals surface area contributed by atoms with E-state index in [-0.39, 0.29) is 10.7 Å². The Labute approximate surface area is 116 Å². The van der Waals surface area contributed by atoms with Crippen molar-refractivity contribution in [1.29, 1.82) is 0 Å². The van der Waals surface area contributed by atoms with E-state index < -0.39 is 10.0 Å². The zero-order valence-corrected chi connectivity index (χ0v) is 11.5. The van der Waals surface area contributed by atoms with Crippen LogP contribution in [-0.4, -0.2) is 8.42 Å². The zero-order chi connectivity index (χ0) is 14.8. The number of hydrogen-bond acceptors (Lipinski definition) is 4. The molecule has 0 fully saturated rings. The van der Waals surface area contributed by atoms with E-state index in [4.69, 9.17) is 5.84 Å². The van der Waals surface area contributed by atoms with Gasteiger partial charge in [0.15, 0.2) is 0 Å². The predicted molar refractivity (Wildman–Crippen MR) is 76.2 cm³/mol. The lowest BCUT2D eigenvalue weighted by atomic mass is 10.2. The molecule has 4 N–H and O–H groups in total. The second-order valence-electron chi connectivity index (χ2n) is 4.24. The van der Waals surface area contributed by atoms with Crippen molar-refractivity contribution in [3.05, 3.63) is 53.8 Å². The van der Waals surface area contributed by atoms with E-state index in [1.54, 1.807) is 19.1 Å². The molecule has 0 saturated carbocycles. The topological polar surface area (TPSA) is 84.2 Å². The maximum Gasteiger partial charge on any atom is 0.261 e. The number of halogens is 1. The molecule has 0 bridgehead atoms. The summed E-state index contributed by atoms with van der Waals surface area (Å²) >= 11 is 0. The smallest absolute Gasteiger partial charge is 0.261 e. The Morgan fingerprint density at radius 1 is 1.05 bits per heavy atom. The van der Waals surface area contributed by atoms with Crippen molar-refractivity contribution >= 4 is 21.4 Å². The van der Waals surface area contributed by atoms with Crippen LogP contribution in [0.5, 0.6) is 0 Å². The first-order chi connectivity index (χ1) is 9.42. The number of nitrogen functional groups attached to an aromatic ring is 1. The van der Waals surface area contributed by atoms with Gasteiger partial charge in [-0.2, -0.15) is 0 Å². The lowest BCUT2D eigenvalue weighted by Gasteiger charge is -2.09. The summed E-state index contributed by atoms with van der Waals surface area (Å²) in [5, 5.41) is 0. The molecule has 0 atom stereocenters. The number of benzene rings is 2. The molecule has 0 unspecified atom stereocenters. The summed E-state index contributed by atoms with van der Waals surface area (Å²) in [7, 11) is -3.71. The van der Waals surface area contributed by atoms with E-state index in [0.717, 1.165) is 0 Å². The quantitative estimate of drug-likeness (QED) is 0.596. The van der Waals surface area contributed by atoms with Gasteiger partial charge in [0.1, 0.15) is 5.82 Å². The predicted octanol–water partition coefficient (Wildman–Crippen LogP) is 2.22. The SMILES string of the molecule is Cc1cc(NS(=O)(=O)c2ccc(NN)cc2)ccc1F. The molecule has 0 heterocycles. The molecule has 106 valence electrons. The van der Waals surface area contributed by atoms with Crippen molar-refractivity contribution in [2.75, 3.05) is 10.1 Å². The average molecular weight is 295 g/mol. The third kappa shape index (κ3) is 3.06. The van der Waals surface area contributed by atoms with Crippen molar-refractivity contribution in [2.24, 2.45) is 5.84 Å². The van der Waals surface area contributed by atoms with Gasteiger partial charge in [-0.15, -0.1) is 0 Å². The van der Waals surface area contributed by atoms with Gasteiger partial charge in [-0.05, 0) is 55.0 Å². The van der Waals surface area contributed by atoms with Crippen LogP contribution in [0.4, 0.5) is 15.8 Å². The second-order valence-corrected chi connectivity index (χ2v) is 5.92. The molecule has 2 aromatic carbocycles. The summed E-state index contributed by atoms with van der Waals surface area (Å²) in [5.74, 6) is 4.83. The molecule has 2 aromatic rings. The zero-order valence-electron chi connectivity index (χ0n) is 10.7. The number of nitrogens with two attached hydrogens (primary N) is 1. The van der Waals surface area contributed by atoms with Gasteiger partial charge in [-0.25, -0.2) is 12.8 Å². The minimum absolute atomic E-state index is 0.0958. The first-order valence-electron chi connectivity index (χ1n) is 5.78. The van der Waals surface area contributed by atoms with Gasteiger partial charge in [0, 0.05) is 11.4 Å². The van der Waals surface area contributed by atoms with Crippen LogP contribution in [0.1, 0.15) is 5.56 Å². The van der Waals surface area contributed by atoms with Crippen LogP contribution in [0.25, 0.3) is 0 Å². The highest BCUT2D eigenvalue weighted by atomic mass is 32.2. The molecule has 0 aromatic heterocycles. The van der Waals surface area contributed by atoms with E-state index in [1.165, 1.54) is 30.3 Å². The Bertz CT molecular complexity index is 715. The van der Waals surface area contributed by atoms with Gasteiger partial charge in [0.2, 0.25) is 0 Å². The number of rotatable bonds is 4. The molecule has 0 spiro atoms. The maximum atomic E-state index is 13.1. The third-order valence-corrected chi connectivity index (χ3v) is 4.14. The lowest BCUT2D eigenvalue weighted by molar-refractivity contribution is 0.601. The molecule has 7 heteroatoms. The Morgan fingerprint density at radius 3 is 2.20 bits per heavy atom. The van der Waals surface area contributed by atoms with E-state index in [1.807, 2.05) is 0 Å². The van der Waals surface area contributed by atoms with Crippen LogP contribution < -0.4 is 16.0 Å². The number of sulfonamides is 1. The van der Waals surface area contributed by atoms with Crippen LogP contribution in [0.15, 0.2) is 47.4 Å². The second kappa shape index (κ2) is 5.48. The molecular weight excluding hydrogens is 281 g/mol. The van der Waals surface area contributed by atoms with Gasteiger partial charge in [0.25, 0.3) is 10.0 Å². The van der Waals surface area contributed by atoms with Gasteiger partial charge in [-0.1, -0.05) is 0 Å². The molecular formula is C13H14FN3O2S. The van der Waals surface area contributed by atoms with Crippen LogP contribution in [0.2, 0.25) is 0 Å². The minimum atomic E-state index is -3.71. The Balaban J connectivity index is 2.27. The van der Waals surface area contributed by atoms with Crippen molar-refractivity contribution in [3.8, 4) is 0 Å². The molecule has 0 aliphatic rings. The van der Waals surface area contributed by atoms with Crippen LogP contribution >= 0.6 is 0 Å². The first-order valence-corrected chi connectivity index (χ1v) is 7.26. The van der Waals surface area contributed by atoms with E-state index in [0.29, 0.717) is 16.9 Å². The molecule has 0 radical (unpaired) electrons.